The van der Waals surface area contributed by atoms with E-state index in [4.69, 9.17) is 9.72 Å². The number of nitrogens with zero attached hydrogens (tertiary/aromatic N) is 5. The second-order valence-corrected chi connectivity index (χ2v) is 12.6. The molecule has 2 saturated carbocycles. The molecule has 2 N–H and O–H groups in total. The van der Waals surface area contributed by atoms with E-state index in [1.165, 1.54) is 37.8 Å². The normalized spacial score (nSPS) is 21.5. The minimum atomic E-state index is -0.748. The van der Waals surface area contributed by atoms with E-state index in [-0.39, 0.29) is 23.4 Å². The fraction of sp³-hybridized carbons (Fsp3) is 0.471. The molecule has 4 aromatic rings. The second kappa shape index (κ2) is 11.9. The van der Waals surface area contributed by atoms with Crippen molar-refractivity contribution in [2.45, 2.75) is 82.4 Å². The Kier molecular flexibility index (Phi) is 7.80. The fourth-order valence-electron chi connectivity index (χ4n) is 7.09. The lowest BCUT2D eigenvalue weighted by Crippen LogP contribution is -2.34. The molecule has 3 aromatic heterocycles. The lowest BCUT2D eigenvalue weighted by Gasteiger charge is -2.32. The van der Waals surface area contributed by atoms with Crippen LogP contribution in [0.4, 0.5) is 10.3 Å². The number of amides is 1. The predicted molar refractivity (Wildman–Crippen MR) is 166 cm³/mol. The fourth-order valence-corrected chi connectivity index (χ4v) is 7.09. The molecule has 7 rings (SSSR count). The molecule has 0 spiro atoms. The quantitative estimate of drug-likeness (QED) is 0.268. The Morgan fingerprint density at radius 3 is 2.48 bits per heavy atom. The summed E-state index contributed by atoms with van der Waals surface area (Å²) in [6.07, 6.45) is 10.6. The number of hydrogen-bond acceptors (Lipinski definition) is 7. The number of hydrogen-bond donors (Lipinski definition) is 2. The van der Waals surface area contributed by atoms with Gasteiger partial charge in [0, 0.05) is 30.2 Å². The number of nitrogens with one attached hydrogen (secondary N) is 1. The number of halogens is 1. The van der Waals surface area contributed by atoms with Crippen LogP contribution in [0.25, 0.3) is 22.3 Å². The highest BCUT2D eigenvalue weighted by atomic mass is 19.1. The number of benzene rings is 1. The van der Waals surface area contributed by atoms with E-state index in [0.717, 1.165) is 55.8 Å². The van der Waals surface area contributed by atoms with E-state index in [1.807, 2.05) is 0 Å². The molecule has 3 aliphatic rings. The number of aromatic nitrogens is 4. The van der Waals surface area contributed by atoms with Gasteiger partial charge in [-0.25, -0.2) is 14.4 Å². The largest absolute Gasteiger partial charge is 0.496 e. The van der Waals surface area contributed by atoms with Gasteiger partial charge in [-0.3, -0.25) is 15.1 Å². The molecule has 0 bridgehead atoms. The molecule has 4 heterocycles. The van der Waals surface area contributed by atoms with Crippen LogP contribution in [-0.2, 0) is 0 Å². The van der Waals surface area contributed by atoms with Crippen molar-refractivity contribution in [3.05, 3.63) is 65.4 Å². The zero-order valence-electron chi connectivity index (χ0n) is 25.3. The third-order valence-corrected chi connectivity index (χ3v) is 9.62. The van der Waals surface area contributed by atoms with Crippen molar-refractivity contribution >= 4 is 22.9 Å². The van der Waals surface area contributed by atoms with Gasteiger partial charge in [0.05, 0.1) is 35.4 Å². The number of imidazole rings is 1. The predicted octanol–water partition coefficient (Wildman–Crippen LogP) is 6.02. The summed E-state index contributed by atoms with van der Waals surface area (Å²) in [5, 5.41) is 13.1. The van der Waals surface area contributed by atoms with E-state index in [1.54, 1.807) is 19.2 Å². The van der Waals surface area contributed by atoms with Crippen molar-refractivity contribution in [1.82, 2.24) is 24.4 Å². The van der Waals surface area contributed by atoms with Crippen molar-refractivity contribution in [2.75, 3.05) is 25.5 Å². The van der Waals surface area contributed by atoms with Crippen LogP contribution in [0.1, 0.15) is 84.9 Å². The SMILES string of the molecule is COc1ccncc1-c1nc(C)cc(C(=O)Nc2nc3cc(C4CCN(C5CC5)CC4)ccc3n2C2CCC(O)CC2)c1F. The smallest absolute Gasteiger partial charge is 0.261 e. The molecule has 1 amide bonds. The van der Waals surface area contributed by atoms with Gasteiger partial charge in [-0.2, -0.15) is 0 Å². The number of fused-ring (bicyclic) bond motifs is 1. The van der Waals surface area contributed by atoms with E-state index < -0.39 is 11.7 Å². The number of carbonyl (C=O) groups excluding carboxylic acids is 1. The topological polar surface area (TPSA) is 105 Å². The summed E-state index contributed by atoms with van der Waals surface area (Å²) in [4.78, 5) is 29.8. The summed E-state index contributed by atoms with van der Waals surface area (Å²) in [5.74, 6) is -0.0563. The lowest BCUT2D eigenvalue weighted by atomic mass is 9.89. The zero-order valence-corrected chi connectivity index (χ0v) is 25.3. The summed E-state index contributed by atoms with van der Waals surface area (Å²) < 4.78 is 23.5. The third-order valence-electron chi connectivity index (χ3n) is 9.62. The van der Waals surface area contributed by atoms with Gasteiger partial charge in [0.1, 0.15) is 11.4 Å². The first-order valence-electron chi connectivity index (χ1n) is 15.8. The van der Waals surface area contributed by atoms with Crippen LogP contribution in [0.2, 0.25) is 0 Å². The Morgan fingerprint density at radius 1 is 1.00 bits per heavy atom. The minimum Gasteiger partial charge on any atom is -0.496 e. The molecular weight excluding hydrogens is 559 g/mol. The number of piperidine rings is 1. The second-order valence-electron chi connectivity index (χ2n) is 12.6. The maximum atomic E-state index is 16.0. The molecule has 1 aromatic carbocycles. The molecular formula is C34H39FN6O3. The lowest BCUT2D eigenvalue weighted by molar-refractivity contribution is 0.101. The van der Waals surface area contributed by atoms with Crippen LogP contribution in [0.15, 0.2) is 42.7 Å². The number of methoxy groups -OCH3 is 1. The monoisotopic (exact) mass is 598 g/mol. The molecule has 44 heavy (non-hydrogen) atoms. The average molecular weight is 599 g/mol. The molecule has 10 heteroatoms. The van der Waals surface area contributed by atoms with Crippen molar-refractivity contribution in [3.63, 3.8) is 0 Å². The van der Waals surface area contributed by atoms with Crippen LogP contribution in [-0.4, -0.2) is 67.8 Å². The highest BCUT2D eigenvalue weighted by molar-refractivity contribution is 6.05. The Labute approximate surface area is 256 Å². The van der Waals surface area contributed by atoms with Crippen LogP contribution in [0.3, 0.4) is 0 Å². The van der Waals surface area contributed by atoms with Gasteiger partial charge in [0.25, 0.3) is 5.91 Å². The number of aryl methyl sites for hydroxylation is 1. The standard InChI is InChI=1S/C34H39FN6O3/c1-20-17-26(31(35)32(37-20)27-19-36-14-11-30(27)44-2)33(43)39-34-38-28-18-22(21-12-15-40(16-13-21)23-4-5-23)3-10-29(28)41(34)24-6-8-25(42)9-7-24/h3,10-11,14,17-19,21,23-25,42H,4-9,12-13,15-16H2,1-2H3,(H,38,39,43). The average Bonchev–Trinajstić information content (AvgIpc) is 3.84. The molecule has 2 aliphatic carbocycles. The maximum Gasteiger partial charge on any atom is 0.261 e. The van der Waals surface area contributed by atoms with E-state index in [0.29, 0.717) is 41.7 Å². The summed E-state index contributed by atoms with van der Waals surface area (Å²) in [5.41, 5.74) is 3.78. The van der Waals surface area contributed by atoms with Gasteiger partial charge in [0.15, 0.2) is 5.82 Å². The summed E-state index contributed by atoms with van der Waals surface area (Å²) >= 11 is 0. The van der Waals surface area contributed by atoms with E-state index in [9.17, 15) is 9.90 Å². The van der Waals surface area contributed by atoms with Crippen LogP contribution >= 0.6 is 0 Å². The van der Waals surface area contributed by atoms with E-state index in [2.05, 4.69) is 43.0 Å². The Morgan fingerprint density at radius 2 is 1.75 bits per heavy atom. The molecule has 3 fully saturated rings. The highest BCUT2D eigenvalue weighted by Crippen LogP contribution is 2.38. The number of pyridine rings is 2. The number of aliphatic hydroxyl groups is 1. The van der Waals surface area contributed by atoms with E-state index >= 15 is 4.39 Å². The van der Waals surface area contributed by atoms with Gasteiger partial charge in [-0.1, -0.05) is 6.07 Å². The minimum absolute atomic E-state index is 0.00671. The number of likely N-dealkylation sites (tertiary alicyclic amines) is 1. The maximum absolute atomic E-state index is 16.0. The van der Waals surface area contributed by atoms with Gasteiger partial charge in [-0.15, -0.1) is 0 Å². The van der Waals surface area contributed by atoms with Crippen molar-refractivity contribution < 1.29 is 19.0 Å². The Balaban J connectivity index is 1.22. The Hall–Kier alpha value is -3.89. The summed E-state index contributed by atoms with van der Waals surface area (Å²) in [6.45, 7) is 4.00. The molecule has 230 valence electrons. The Bertz CT molecular complexity index is 1690. The van der Waals surface area contributed by atoms with Gasteiger partial charge in [0.2, 0.25) is 5.95 Å². The number of ether oxygens (including phenoxy) is 1. The van der Waals surface area contributed by atoms with Crippen LogP contribution in [0.5, 0.6) is 5.75 Å². The number of aliphatic hydroxyl groups excluding tert-OH is 1. The van der Waals surface area contributed by atoms with Crippen molar-refractivity contribution in [1.29, 1.82) is 0 Å². The van der Waals surface area contributed by atoms with Gasteiger partial charge in [-0.05, 0) is 107 Å². The van der Waals surface area contributed by atoms with Crippen LogP contribution in [0, 0.1) is 12.7 Å². The van der Waals surface area contributed by atoms with Crippen molar-refractivity contribution in [2.24, 2.45) is 0 Å². The molecule has 1 aliphatic heterocycles. The first-order valence-corrected chi connectivity index (χ1v) is 15.8. The molecule has 0 radical (unpaired) electrons. The van der Waals surface area contributed by atoms with Crippen LogP contribution < -0.4 is 10.1 Å². The molecule has 9 nitrogen and oxygen atoms in total. The first-order chi connectivity index (χ1) is 21.4. The molecule has 0 atom stereocenters. The number of anilines is 1. The molecule has 0 unspecified atom stereocenters. The van der Waals surface area contributed by atoms with Crippen molar-refractivity contribution in [3.8, 4) is 17.0 Å². The summed E-state index contributed by atoms with van der Waals surface area (Å²) in [7, 11) is 1.50. The molecule has 1 saturated heterocycles. The third kappa shape index (κ3) is 5.57. The highest BCUT2D eigenvalue weighted by Gasteiger charge is 2.33. The number of rotatable bonds is 7. The number of carbonyl (C=O) groups is 1. The first kappa shape index (κ1) is 28.9. The van der Waals surface area contributed by atoms with Gasteiger partial charge < -0.3 is 19.3 Å². The summed E-state index contributed by atoms with van der Waals surface area (Å²) in [6, 6.07) is 10.4. The zero-order chi connectivity index (χ0) is 30.4. The van der Waals surface area contributed by atoms with Gasteiger partial charge >= 0.3 is 0 Å².